The Morgan fingerprint density at radius 3 is 2.57 bits per heavy atom. The largest absolute Gasteiger partial charge is 0.314 e. The molecule has 0 fully saturated rings. The van der Waals surface area contributed by atoms with Crippen LogP contribution in [0.3, 0.4) is 0 Å². The molecule has 14 heavy (non-hydrogen) atoms. The van der Waals surface area contributed by atoms with E-state index in [1.54, 1.807) is 0 Å². The highest BCUT2D eigenvalue weighted by atomic mass is 32.2. The topological polar surface area (TPSA) is 12.0 Å². The molecule has 0 amide bonds. The molecule has 0 heterocycles. The van der Waals surface area contributed by atoms with Gasteiger partial charge in [-0.2, -0.15) is 11.8 Å². The minimum Gasteiger partial charge on any atom is -0.314 e. The fraction of sp³-hybridized carbons (Fsp3) is 1.00. The SMILES string of the molecule is CCCCCCNC(C)CCSCC. The average molecular weight is 217 g/mol. The van der Waals surface area contributed by atoms with Gasteiger partial charge < -0.3 is 5.32 Å². The normalized spacial score (nSPS) is 13.1. The maximum Gasteiger partial charge on any atom is 0.00465 e. The number of hydrogen-bond acceptors (Lipinski definition) is 2. The summed E-state index contributed by atoms with van der Waals surface area (Å²) in [7, 11) is 0. The second-order valence-corrected chi connectivity index (χ2v) is 5.30. The number of unbranched alkanes of at least 4 members (excludes halogenated alkanes) is 3. The third-order valence-electron chi connectivity index (χ3n) is 2.42. The predicted molar refractivity (Wildman–Crippen MR) is 69.2 cm³/mol. The van der Waals surface area contributed by atoms with Gasteiger partial charge in [0.2, 0.25) is 0 Å². The van der Waals surface area contributed by atoms with Gasteiger partial charge >= 0.3 is 0 Å². The molecule has 0 spiro atoms. The van der Waals surface area contributed by atoms with Crippen molar-refractivity contribution < 1.29 is 0 Å². The molecule has 1 atom stereocenters. The van der Waals surface area contributed by atoms with E-state index in [1.807, 2.05) is 11.8 Å². The van der Waals surface area contributed by atoms with Crippen molar-refractivity contribution in [2.24, 2.45) is 0 Å². The molecule has 0 bridgehead atoms. The van der Waals surface area contributed by atoms with Crippen molar-refractivity contribution in [3.05, 3.63) is 0 Å². The van der Waals surface area contributed by atoms with Crippen LogP contribution in [0, 0.1) is 0 Å². The van der Waals surface area contributed by atoms with Gasteiger partial charge in [0.25, 0.3) is 0 Å². The molecule has 0 aromatic rings. The second-order valence-electron chi connectivity index (χ2n) is 3.90. The zero-order chi connectivity index (χ0) is 10.6. The maximum absolute atomic E-state index is 3.59. The van der Waals surface area contributed by atoms with Gasteiger partial charge in [-0.25, -0.2) is 0 Å². The van der Waals surface area contributed by atoms with Crippen LogP contribution in [-0.4, -0.2) is 24.1 Å². The van der Waals surface area contributed by atoms with E-state index in [0.717, 1.165) is 0 Å². The molecule has 1 unspecified atom stereocenters. The van der Waals surface area contributed by atoms with Crippen molar-refractivity contribution in [2.45, 2.75) is 58.9 Å². The molecule has 86 valence electrons. The molecule has 0 aromatic heterocycles. The Bertz CT molecular complexity index is 106. The van der Waals surface area contributed by atoms with Crippen LogP contribution in [-0.2, 0) is 0 Å². The molecule has 0 aromatic carbocycles. The Morgan fingerprint density at radius 2 is 1.93 bits per heavy atom. The van der Waals surface area contributed by atoms with Crippen molar-refractivity contribution in [3.8, 4) is 0 Å². The van der Waals surface area contributed by atoms with Gasteiger partial charge in [0, 0.05) is 6.04 Å². The van der Waals surface area contributed by atoms with E-state index < -0.39 is 0 Å². The first-order chi connectivity index (χ1) is 6.81. The molecule has 0 aliphatic heterocycles. The van der Waals surface area contributed by atoms with Gasteiger partial charge in [0.15, 0.2) is 0 Å². The fourth-order valence-corrected chi connectivity index (χ4v) is 2.22. The van der Waals surface area contributed by atoms with Crippen LogP contribution in [0.15, 0.2) is 0 Å². The van der Waals surface area contributed by atoms with E-state index in [-0.39, 0.29) is 0 Å². The highest BCUT2D eigenvalue weighted by Gasteiger charge is 1.99. The van der Waals surface area contributed by atoms with Gasteiger partial charge in [-0.05, 0) is 37.8 Å². The fourth-order valence-electron chi connectivity index (χ4n) is 1.41. The molecule has 0 saturated heterocycles. The minimum atomic E-state index is 0.704. The third-order valence-corrected chi connectivity index (χ3v) is 3.36. The van der Waals surface area contributed by atoms with Gasteiger partial charge in [-0.15, -0.1) is 0 Å². The molecule has 1 nitrogen and oxygen atoms in total. The van der Waals surface area contributed by atoms with E-state index in [1.165, 1.54) is 50.2 Å². The summed E-state index contributed by atoms with van der Waals surface area (Å²) in [5, 5.41) is 3.59. The van der Waals surface area contributed by atoms with Crippen LogP contribution >= 0.6 is 11.8 Å². The van der Waals surface area contributed by atoms with Gasteiger partial charge in [-0.3, -0.25) is 0 Å². The van der Waals surface area contributed by atoms with Crippen LogP contribution in [0.1, 0.15) is 52.9 Å². The Morgan fingerprint density at radius 1 is 1.14 bits per heavy atom. The molecule has 1 N–H and O–H groups in total. The monoisotopic (exact) mass is 217 g/mol. The number of hydrogen-bond donors (Lipinski definition) is 1. The van der Waals surface area contributed by atoms with Crippen molar-refractivity contribution in [1.29, 1.82) is 0 Å². The van der Waals surface area contributed by atoms with Crippen molar-refractivity contribution in [2.75, 3.05) is 18.1 Å². The lowest BCUT2D eigenvalue weighted by molar-refractivity contribution is 0.512. The first-order valence-corrected chi connectivity index (χ1v) is 7.27. The number of thioether (sulfide) groups is 1. The Balaban J connectivity index is 3.06. The third kappa shape index (κ3) is 10.4. The quantitative estimate of drug-likeness (QED) is 0.560. The summed E-state index contributed by atoms with van der Waals surface area (Å²) in [5.41, 5.74) is 0. The van der Waals surface area contributed by atoms with Gasteiger partial charge in [-0.1, -0.05) is 33.1 Å². The summed E-state index contributed by atoms with van der Waals surface area (Å²) in [6.07, 6.45) is 6.77. The molecular formula is C12H27NS. The van der Waals surface area contributed by atoms with E-state index in [4.69, 9.17) is 0 Å². The summed E-state index contributed by atoms with van der Waals surface area (Å²) in [4.78, 5) is 0. The summed E-state index contributed by atoms with van der Waals surface area (Å²) in [5.74, 6) is 2.56. The Kier molecular flexibility index (Phi) is 11.6. The van der Waals surface area contributed by atoms with Crippen LogP contribution < -0.4 is 5.32 Å². The van der Waals surface area contributed by atoms with Crippen molar-refractivity contribution in [3.63, 3.8) is 0 Å². The highest BCUT2D eigenvalue weighted by molar-refractivity contribution is 7.99. The molecule has 0 aliphatic carbocycles. The van der Waals surface area contributed by atoms with Crippen molar-refractivity contribution in [1.82, 2.24) is 5.32 Å². The van der Waals surface area contributed by atoms with Crippen LogP contribution in [0.5, 0.6) is 0 Å². The van der Waals surface area contributed by atoms with E-state index in [0.29, 0.717) is 6.04 Å². The zero-order valence-electron chi connectivity index (χ0n) is 10.1. The van der Waals surface area contributed by atoms with E-state index in [2.05, 4.69) is 26.1 Å². The highest BCUT2D eigenvalue weighted by Crippen LogP contribution is 2.04. The molecule has 0 saturated carbocycles. The van der Waals surface area contributed by atoms with Crippen LogP contribution in [0.2, 0.25) is 0 Å². The summed E-state index contributed by atoms with van der Waals surface area (Å²) < 4.78 is 0. The molecule has 0 radical (unpaired) electrons. The summed E-state index contributed by atoms with van der Waals surface area (Å²) in [6.45, 7) is 8.00. The second kappa shape index (κ2) is 11.4. The number of rotatable bonds is 10. The lowest BCUT2D eigenvalue weighted by Gasteiger charge is -2.12. The smallest absolute Gasteiger partial charge is 0.00465 e. The molecule has 0 aliphatic rings. The molecule has 2 heteroatoms. The minimum absolute atomic E-state index is 0.704. The van der Waals surface area contributed by atoms with Crippen LogP contribution in [0.25, 0.3) is 0 Å². The lowest BCUT2D eigenvalue weighted by Crippen LogP contribution is -2.27. The predicted octanol–water partition coefficient (Wildman–Crippen LogP) is 3.69. The lowest BCUT2D eigenvalue weighted by atomic mass is 10.2. The van der Waals surface area contributed by atoms with Gasteiger partial charge in [0.1, 0.15) is 0 Å². The first kappa shape index (κ1) is 14.3. The van der Waals surface area contributed by atoms with Crippen molar-refractivity contribution >= 4 is 11.8 Å². The number of nitrogens with one attached hydrogen (secondary N) is 1. The van der Waals surface area contributed by atoms with Crippen LogP contribution in [0.4, 0.5) is 0 Å². The summed E-state index contributed by atoms with van der Waals surface area (Å²) in [6, 6.07) is 0.704. The molecular weight excluding hydrogens is 190 g/mol. The summed E-state index contributed by atoms with van der Waals surface area (Å²) >= 11 is 2.04. The van der Waals surface area contributed by atoms with E-state index >= 15 is 0 Å². The maximum atomic E-state index is 3.59. The first-order valence-electron chi connectivity index (χ1n) is 6.12. The Labute approximate surface area is 94.4 Å². The molecule has 0 rings (SSSR count). The average Bonchev–Trinajstić information content (AvgIpc) is 2.18. The van der Waals surface area contributed by atoms with E-state index in [9.17, 15) is 0 Å². The van der Waals surface area contributed by atoms with Gasteiger partial charge in [0.05, 0.1) is 0 Å². The Hall–Kier alpha value is 0.310. The zero-order valence-corrected chi connectivity index (χ0v) is 11.0. The standard InChI is InChI=1S/C12H27NS/c1-4-6-7-8-10-13-12(3)9-11-14-5-2/h12-13H,4-11H2,1-3H3.